The van der Waals surface area contributed by atoms with Gasteiger partial charge in [-0.15, -0.1) is 0 Å². The van der Waals surface area contributed by atoms with E-state index in [4.69, 9.17) is 5.11 Å². The fourth-order valence-electron chi connectivity index (χ4n) is 1.83. The molecule has 2 nitrogen and oxygen atoms in total. The summed E-state index contributed by atoms with van der Waals surface area (Å²) in [6.07, 6.45) is 0.863. The van der Waals surface area contributed by atoms with Crippen LogP contribution in [-0.2, 0) is 4.79 Å². The van der Waals surface area contributed by atoms with Crippen LogP contribution < -0.4 is 0 Å². The van der Waals surface area contributed by atoms with E-state index in [0.29, 0.717) is 6.42 Å². The summed E-state index contributed by atoms with van der Waals surface area (Å²) in [4.78, 5) is 10.7. The summed E-state index contributed by atoms with van der Waals surface area (Å²) in [7, 11) is 0. The highest BCUT2D eigenvalue weighted by Gasteiger charge is 2.22. The molecule has 1 rings (SSSR count). The molecular weight excluding hydrogens is 200 g/mol. The van der Waals surface area contributed by atoms with Crippen molar-refractivity contribution in [3.8, 4) is 0 Å². The standard InChI is InChI=1S/C14H18O2/c1-11(12-7-5-4-6-8-12)9-14(2,3)10-13(15)16/h4-8H,1,9-10H2,2-3H3,(H,15,16). The summed E-state index contributed by atoms with van der Waals surface area (Å²) in [5.74, 6) is -0.758. The van der Waals surface area contributed by atoms with Crippen LogP contribution in [0.25, 0.3) is 5.57 Å². The summed E-state index contributed by atoms with van der Waals surface area (Å²) in [5, 5.41) is 8.80. The molecule has 0 bridgehead atoms. The van der Waals surface area contributed by atoms with Crippen molar-refractivity contribution in [2.45, 2.75) is 26.7 Å². The zero-order chi connectivity index (χ0) is 12.2. The molecule has 0 radical (unpaired) electrons. The zero-order valence-corrected chi connectivity index (χ0v) is 9.86. The van der Waals surface area contributed by atoms with Gasteiger partial charge >= 0.3 is 5.97 Å². The zero-order valence-electron chi connectivity index (χ0n) is 9.86. The molecule has 0 atom stereocenters. The fraction of sp³-hybridized carbons (Fsp3) is 0.357. The molecule has 0 heterocycles. The molecule has 0 saturated carbocycles. The normalized spacial score (nSPS) is 11.1. The van der Waals surface area contributed by atoms with Crippen LogP contribution in [0, 0.1) is 5.41 Å². The van der Waals surface area contributed by atoms with Gasteiger partial charge in [0, 0.05) is 0 Å². The van der Waals surface area contributed by atoms with Gasteiger partial charge in [-0.25, -0.2) is 0 Å². The summed E-state index contributed by atoms with van der Waals surface area (Å²) >= 11 is 0. The number of aliphatic carboxylic acids is 1. The van der Waals surface area contributed by atoms with Crippen LogP contribution in [0.2, 0.25) is 0 Å². The van der Waals surface area contributed by atoms with E-state index in [9.17, 15) is 4.79 Å². The quantitative estimate of drug-likeness (QED) is 0.820. The summed E-state index contributed by atoms with van der Waals surface area (Å²) < 4.78 is 0. The predicted octanol–water partition coefficient (Wildman–Crippen LogP) is 3.59. The third-order valence-electron chi connectivity index (χ3n) is 2.50. The lowest BCUT2D eigenvalue weighted by atomic mass is 9.81. The molecule has 0 aromatic heterocycles. The van der Waals surface area contributed by atoms with E-state index in [1.807, 2.05) is 44.2 Å². The molecule has 0 saturated heterocycles. The van der Waals surface area contributed by atoms with E-state index in [1.165, 1.54) is 0 Å². The molecule has 0 amide bonds. The van der Waals surface area contributed by atoms with E-state index < -0.39 is 5.97 Å². The molecule has 16 heavy (non-hydrogen) atoms. The monoisotopic (exact) mass is 218 g/mol. The minimum atomic E-state index is -0.758. The highest BCUT2D eigenvalue weighted by atomic mass is 16.4. The Morgan fingerprint density at radius 2 is 1.81 bits per heavy atom. The number of carboxylic acid groups (broad SMARTS) is 1. The lowest BCUT2D eigenvalue weighted by Crippen LogP contribution is -2.17. The minimum Gasteiger partial charge on any atom is -0.481 e. The number of hydrogen-bond donors (Lipinski definition) is 1. The fourth-order valence-corrected chi connectivity index (χ4v) is 1.83. The van der Waals surface area contributed by atoms with Crippen molar-refractivity contribution in [2.24, 2.45) is 5.41 Å². The first-order valence-corrected chi connectivity index (χ1v) is 5.36. The average molecular weight is 218 g/mol. The Bertz CT molecular complexity index is 377. The molecule has 1 N–H and O–H groups in total. The lowest BCUT2D eigenvalue weighted by molar-refractivity contribution is -0.139. The van der Waals surface area contributed by atoms with Gasteiger partial charge in [0.1, 0.15) is 0 Å². The van der Waals surface area contributed by atoms with E-state index in [-0.39, 0.29) is 11.8 Å². The maximum Gasteiger partial charge on any atom is 0.303 e. The summed E-state index contributed by atoms with van der Waals surface area (Å²) in [6, 6.07) is 9.88. The molecule has 0 spiro atoms. The Morgan fingerprint density at radius 1 is 1.25 bits per heavy atom. The van der Waals surface area contributed by atoms with Crippen LogP contribution in [0.5, 0.6) is 0 Å². The van der Waals surface area contributed by atoms with Crippen molar-refractivity contribution in [2.75, 3.05) is 0 Å². The third kappa shape index (κ3) is 3.89. The molecule has 1 aromatic carbocycles. The van der Waals surface area contributed by atoms with Crippen LogP contribution in [0.4, 0.5) is 0 Å². The van der Waals surface area contributed by atoms with E-state index in [2.05, 4.69) is 6.58 Å². The Hall–Kier alpha value is -1.57. The lowest BCUT2D eigenvalue weighted by Gasteiger charge is -2.23. The van der Waals surface area contributed by atoms with Crippen molar-refractivity contribution in [1.29, 1.82) is 0 Å². The van der Waals surface area contributed by atoms with Crippen LogP contribution in [0.15, 0.2) is 36.9 Å². The van der Waals surface area contributed by atoms with Gasteiger partial charge in [-0.3, -0.25) is 4.79 Å². The maximum absolute atomic E-state index is 10.7. The Morgan fingerprint density at radius 3 is 2.31 bits per heavy atom. The Kier molecular flexibility index (Phi) is 3.88. The van der Waals surface area contributed by atoms with Crippen molar-refractivity contribution in [3.63, 3.8) is 0 Å². The SMILES string of the molecule is C=C(CC(C)(C)CC(=O)O)c1ccccc1. The third-order valence-corrected chi connectivity index (χ3v) is 2.50. The van der Waals surface area contributed by atoms with E-state index in [0.717, 1.165) is 11.1 Å². The van der Waals surface area contributed by atoms with Gasteiger partial charge in [-0.05, 0) is 23.0 Å². The van der Waals surface area contributed by atoms with Crippen molar-refractivity contribution in [1.82, 2.24) is 0 Å². The highest BCUT2D eigenvalue weighted by Crippen LogP contribution is 2.32. The first-order chi connectivity index (χ1) is 7.41. The topological polar surface area (TPSA) is 37.3 Å². The van der Waals surface area contributed by atoms with Crippen molar-refractivity contribution < 1.29 is 9.90 Å². The molecule has 0 fully saturated rings. The second-order valence-electron chi connectivity index (χ2n) is 4.88. The molecule has 86 valence electrons. The molecule has 1 aromatic rings. The van der Waals surface area contributed by atoms with Crippen LogP contribution in [0.1, 0.15) is 32.3 Å². The van der Waals surface area contributed by atoms with Gasteiger partial charge in [0.25, 0.3) is 0 Å². The van der Waals surface area contributed by atoms with Gasteiger partial charge < -0.3 is 5.11 Å². The minimum absolute atomic E-state index is 0.166. The van der Waals surface area contributed by atoms with Crippen LogP contribution in [-0.4, -0.2) is 11.1 Å². The summed E-state index contributed by atoms with van der Waals surface area (Å²) in [6.45, 7) is 7.93. The van der Waals surface area contributed by atoms with Gasteiger partial charge in [0.05, 0.1) is 6.42 Å². The summed E-state index contributed by atoms with van der Waals surface area (Å²) in [5.41, 5.74) is 1.83. The smallest absolute Gasteiger partial charge is 0.303 e. The Balaban J connectivity index is 2.68. The number of carbonyl (C=O) groups is 1. The highest BCUT2D eigenvalue weighted by molar-refractivity contribution is 5.69. The van der Waals surface area contributed by atoms with Gasteiger partial charge in [0.15, 0.2) is 0 Å². The number of benzene rings is 1. The largest absolute Gasteiger partial charge is 0.481 e. The number of hydrogen-bond acceptors (Lipinski definition) is 1. The molecule has 0 aliphatic carbocycles. The van der Waals surface area contributed by atoms with Gasteiger partial charge in [0.2, 0.25) is 0 Å². The molecular formula is C14H18O2. The second-order valence-corrected chi connectivity index (χ2v) is 4.88. The van der Waals surface area contributed by atoms with E-state index >= 15 is 0 Å². The molecule has 0 aliphatic heterocycles. The van der Waals surface area contributed by atoms with Crippen molar-refractivity contribution >= 4 is 11.5 Å². The number of rotatable bonds is 5. The Labute approximate surface area is 96.6 Å². The molecule has 0 aliphatic rings. The first-order valence-electron chi connectivity index (χ1n) is 5.36. The van der Waals surface area contributed by atoms with Gasteiger partial charge in [-0.2, -0.15) is 0 Å². The number of carboxylic acids is 1. The van der Waals surface area contributed by atoms with Crippen LogP contribution in [0.3, 0.4) is 0 Å². The average Bonchev–Trinajstić information content (AvgIpc) is 2.16. The molecule has 2 heteroatoms. The second kappa shape index (κ2) is 4.97. The van der Waals surface area contributed by atoms with Crippen LogP contribution >= 0.6 is 0 Å². The maximum atomic E-state index is 10.7. The van der Waals surface area contributed by atoms with Gasteiger partial charge in [-0.1, -0.05) is 50.8 Å². The predicted molar refractivity (Wildman–Crippen MR) is 66.1 cm³/mol. The number of allylic oxidation sites excluding steroid dienone is 1. The molecule has 0 unspecified atom stereocenters. The van der Waals surface area contributed by atoms with E-state index in [1.54, 1.807) is 0 Å². The van der Waals surface area contributed by atoms with Crippen molar-refractivity contribution in [3.05, 3.63) is 42.5 Å². The first kappa shape index (κ1) is 12.5.